The summed E-state index contributed by atoms with van der Waals surface area (Å²) in [6.45, 7) is 31.5. The van der Waals surface area contributed by atoms with Gasteiger partial charge in [0, 0.05) is 139 Å². The zero-order valence-corrected chi connectivity index (χ0v) is 85.6. The molecular formula is C101H134F2N20O12S4. The highest BCUT2D eigenvalue weighted by molar-refractivity contribution is 7.18. The third kappa shape index (κ3) is 23.3. The number of aliphatic hydroxyl groups is 3. The van der Waals surface area contributed by atoms with Gasteiger partial charge in [0.1, 0.15) is 46.0 Å². The van der Waals surface area contributed by atoms with Gasteiger partial charge in [-0.05, 0) is 298 Å². The number of carbonyl (C=O) groups is 8. The number of nitrogens with zero attached hydrogens (tertiary/aromatic N) is 12. The number of alkyl halides is 2. The number of hydrogen-bond donors (Lipinski definition) is 11. The fourth-order valence-electron chi connectivity index (χ4n) is 20.6. The molecule has 8 aliphatic heterocycles. The summed E-state index contributed by atoms with van der Waals surface area (Å²) in [5.74, 6) is -1.49. The monoisotopic (exact) mass is 1980 g/mol. The second-order valence-electron chi connectivity index (χ2n) is 41.9. The predicted octanol–water partition coefficient (Wildman–Crippen LogP) is 16.0. The number of aryl methyl sites for hydroxylation is 4. The van der Waals surface area contributed by atoms with Crippen LogP contribution in [0.1, 0.15) is 328 Å². The number of aliphatic hydroxyl groups excluding tert-OH is 2. The molecule has 3 aliphatic carbocycles. The van der Waals surface area contributed by atoms with E-state index in [4.69, 9.17) is 4.74 Å². The molecule has 0 aromatic carbocycles. The number of anilines is 4. The normalized spacial score (nSPS) is 23.7. The Morgan fingerprint density at radius 1 is 0.446 bits per heavy atom. The smallest absolute Gasteiger partial charge is 0.280 e. The second-order valence-corrected chi connectivity index (χ2v) is 45.9. The minimum absolute atomic E-state index is 0.00569. The van der Waals surface area contributed by atoms with Crippen LogP contribution in [0.5, 0.6) is 0 Å². The average molecular weight is 1990 g/mol. The van der Waals surface area contributed by atoms with E-state index < -0.39 is 60.6 Å². The first-order chi connectivity index (χ1) is 66.0. The quantitative estimate of drug-likeness (QED) is 0.0253. The van der Waals surface area contributed by atoms with E-state index in [-0.39, 0.29) is 133 Å². The molecule has 3 saturated carbocycles. The minimum atomic E-state index is -2.95. The molecule has 139 heavy (non-hydrogen) atoms. The van der Waals surface area contributed by atoms with Crippen LogP contribution in [0, 0.1) is 33.6 Å². The summed E-state index contributed by atoms with van der Waals surface area (Å²) < 4.78 is 33.4. The molecule has 8 aromatic rings. The molecule has 8 aromatic heterocycles. The van der Waals surface area contributed by atoms with Gasteiger partial charge in [0.25, 0.3) is 53.2 Å². The first-order valence-electron chi connectivity index (χ1n) is 49.5. The van der Waals surface area contributed by atoms with Crippen molar-refractivity contribution < 1.29 is 67.2 Å². The molecule has 7 atom stereocenters. The van der Waals surface area contributed by atoms with Gasteiger partial charge in [0.05, 0.1) is 62.0 Å². The van der Waals surface area contributed by atoms with Crippen LogP contribution in [0.4, 0.5) is 32.1 Å². The highest BCUT2D eigenvalue weighted by atomic mass is 32.1. The second kappa shape index (κ2) is 42.1. The molecule has 0 unspecified atom stereocenters. The predicted molar refractivity (Wildman–Crippen MR) is 536 cm³/mol. The number of halogens is 2. The van der Waals surface area contributed by atoms with Crippen molar-refractivity contribution in [1.82, 2.24) is 80.7 Å². The Kier molecular flexibility index (Phi) is 30.8. The maximum absolute atomic E-state index is 14.0. The van der Waals surface area contributed by atoms with Gasteiger partial charge >= 0.3 is 0 Å². The Hall–Kier alpha value is -10.2. The van der Waals surface area contributed by atoms with Gasteiger partial charge in [-0.1, -0.05) is 0 Å². The van der Waals surface area contributed by atoms with Crippen molar-refractivity contribution in [2.24, 2.45) is 5.92 Å². The van der Waals surface area contributed by atoms with Gasteiger partial charge in [-0.15, -0.1) is 45.3 Å². The van der Waals surface area contributed by atoms with Gasteiger partial charge in [-0.25, -0.2) is 48.7 Å². The van der Waals surface area contributed by atoms with Gasteiger partial charge in [-0.2, -0.15) is 0 Å². The Bertz CT molecular complexity index is 5840. The van der Waals surface area contributed by atoms with Crippen LogP contribution in [0.15, 0.2) is 49.1 Å². The molecule has 8 amide bonds. The molecule has 11 N–H and O–H groups in total. The van der Waals surface area contributed by atoms with E-state index in [2.05, 4.69) is 124 Å². The third-order valence-corrected chi connectivity index (χ3v) is 33.1. The number of fused-ring (bicyclic) bond motifs is 6. The Balaban J connectivity index is 0.000000134. The van der Waals surface area contributed by atoms with Crippen molar-refractivity contribution in [3.05, 3.63) is 114 Å². The van der Waals surface area contributed by atoms with Crippen LogP contribution in [0.3, 0.4) is 0 Å². The summed E-state index contributed by atoms with van der Waals surface area (Å²) >= 11 is 4.77. The molecule has 38 heteroatoms. The number of rotatable bonds is 25. The molecule has 6 bridgehead atoms. The molecule has 0 radical (unpaired) electrons. The molecule has 0 spiro atoms. The van der Waals surface area contributed by atoms with Crippen molar-refractivity contribution in [2.45, 2.75) is 366 Å². The number of nitrogens with one attached hydrogen (secondary N) is 8. The first kappa shape index (κ1) is 102. The molecular weight excluding hydrogens is 1850 g/mol. The number of amides is 8. The Labute approximate surface area is 827 Å². The van der Waals surface area contributed by atoms with Crippen LogP contribution < -0.4 is 42.5 Å². The van der Waals surface area contributed by atoms with Crippen molar-refractivity contribution in [3.8, 4) is 41.8 Å². The summed E-state index contributed by atoms with van der Waals surface area (Å²) in [4.78, 5) is 153. The lowest BCUT2D eigenvalue weighted by Gasteiger charge is -2.32. The van der Waals surface area contributed by atoms with Crippen molar-refractivity contribution >= 4 is 116 Å². The van der Waals surface area contributed by atoms with E-state index in [0.29, 0.717) is 98.8 Å². The zero-order chi connectivity index (χ0) is 99.3. The van der Waals surface area contributed by atoms with Crippen molar-refractivity contribution in [3.63, 3.8) is 0 Å². The molecule has 748 valence electrons. The fraction of sp³-hybridized carbons (Fsp3) is 0.604. The highest BCUT2D eigenvalue weighted by Crippen LogP contribution is 2.48. The number of aromatic nitrogens is 8. The number of hydrogen-bond acceptors (Lipinski definition) is 28. The van der Waals surface area contributed by atoms with Gasteiger partial charge in [0.15, 0.2) is 20.0 Å². The van der Waals surface area contributed by atoms with Crippen molar-refractivity contribution in [2.75, 3.05) is 41.0 Å². The largest absolute Gasteiger partial charge is 0.391 e. The van der Waals surface area contributed by atoms with Gasteiger partial charge in [0.2, 0.25) is 0 Å². The summed E-state index contributed by atoms with van der Waals surface area (Å²) in [7, 11) is 0. The zero-order valence-electron chi connectivity index (χ0n) is 82.4. The number of ether oxygens (including phenoxy) is 1. The summed E-state index contributed by atoms with van der Waals surface area (Å²) in [6.07, 6.45) is 25.7. The molecule has 11 fully saturated rings. The number of likely N-dealkylation sites (tertiary alicyclic amines) is 1. The number of carbonyl (C=O) groups excluding carboxylic acids is 8. The summed E-state index contributed by atoms with van der Waals surface area (Å²) in [6, 6.07) is 8.58. The standard InChI is InChI=1S/C26H33N5O3S.C26H35N5O3S.C25H35N5O3S.C24H31F2N5O3S/c1-13-11-21(28-14(2)15-3-4-15)27-12-18(13)23-22(26(34)31-16-5-6-17(31)8-7-16)30-25(35-23)24(33)29-19-9-10-20(19)32;1-14-12-20(30-26(2,3)4)27-13-17(14)22-21(25(34)31-15-8-9-16(31)11-10-15)29-24(35-22)23(33)28-18-6-5-7-19(18)32;1-13(2)27-19-11-14(3)18(12-26-19)21-20(24(32)30-16-7-8-17(30)10-9-16)29-23(34-21)22(31)28-15(4)25(5,6)33;1-13(2)28-18-9-14(3)17(11-27-18)20-19(23(33)31-12-24(25,26)10-15(31)4)30-22(35-20)21(32)29-16-5-7-34-8-6-16/h11-12,14-17,19-20,32H,3-10H2,1-2H3,(H,27,28)(H,29,33);12-13,15-16,18-19,32H,5-11H2,1-4H3,(H,27,30)(H,28,33);11-13,15-17,33H,7-10H2,1-6H3,(H,26,27)(H,28,31);9,11,13,15-16H,5-8,10,12H2,1-4H3,(H,27,28)(H,29,32)/t14-,16?,17?,19+,20+;15?,16?,18-,19-;15-,16?,17?;15-/m1010/s1. The third-order valence-electron chi connectivity index (χ3n) is 28.8. The van der Waals surface area contributed by atoms with E-state index in [0.717, 1.165) is 169 Å². The summed E-state index contributed by atoms with van der Waals surface area (Å²) in [5, 5.41) is 56.2. The lowest BCUT2D eigenvalue weighted by atomic mass is 9.89. The number of thiazole rings is 4. The van der Waals surface area contributed by atoms with Gasteiger partial charge in [-0.3, -0.25) is 38.4 Å². The molecule has 32 nitrogen and oxygen atoms in total. The maximum atomic E-state index is 14.0. The van der Waals surface area contributed by atoms with Crippen molar-refractivity contribution in [1.29, 1.82) is 0 Å². The van der Waals surface area contributed by atoms with Crippen LogP contribution in [-0.2, 0) is 4.74 Å². The summed E-state index contributed by atoms with van der Waals surface area (Å²) in [5.41, 5.74) is 6.65. The van der Waals surface area contributed by atoms with Crippen LogP contribution >= 0.6 is 45.3 Å². The van der Waals surface area contributed by atoms with Crippen LogP contribution in [-0.4, -0.2) is 256 Å². The van der Waals surface area contributed by atoms with E-state index in [9.17, 15) is 62.5 Å². The lowest BCUT2D eigenvalue weighted by molar-refractivity contribution is 0.0117. The maximum Gasteiger partial charge on any atom is 0.280 e. The van der Waals surface area contributed by atoms with Crippen LogP contribution in [0.2, 0.25) is 0 Å². The fourth-order valence-corrected chi connectivity index (χ4v) is 24.8. The topological polar surface area (TPSA) is 419 Å². The molecule has 16 heterocycles. The number of pyridine rings is 4. The van der Waals surface area contributed by atoms with E-state index in [1.54, 1.807) is 52.5 Å². The first-order valence-corrected chi connectivity index (χ1v) is 52.8. The SMILES string of the molecule is Cc1cc(NC(C)(C)C)ncc1-c1sc(C(=O)N[C@H]2CCC[C@@H]2O)nc1C(=O)N1C2CCC1CC2.Cc1cc(NC(C)C)ncc1-c1sc(C(=O)NC2CCOCC2)nc1C(=O)N1CC(F)(F)C[C@@H]1C.Cc1cc(NC(C)C)ncc1-c1sc(C(=O)N[C@H](C)C(C)(C)O)nc1C(=O)N1C2CCC1CC2.Cc1cc(N[C@H](C)C2CC2)ncc1-c1sc(C(=O)N[C@H]2CC[C@@H]2O)nc1C(=O)N1C2CCC1CC2. The highest BCUT2D eigenvalue weighted by Gasteiger charge is 2.50. The van der Waals surface area contributed by atoms with Gasteiger partial charge < -0.3 is 82.2 Å². The molecule has 11 aliphatic rings. The average Bonchev–Trinajstić information content (AvgIpc) is 1.62. The molecule has 19 rings (SSSR count). The van der Waals surface area contributed by atoms with E-state index >= 15 is 0 Å². The Morgan fingerprint density at radius 2 is 0.791 bits per heavy atom. The molecule has 8 saturated heterocycles. The van der Waals surface area contributed by atoms with E-state index in [1.165, 1.54) is 46.9 Å². The minimum Gasteiger partial charge on any atom is -0.391 e. The van der Waals surface area contributed by atoms with Crippen LogP contribution in [0.25, 0.3) is 41.8 Å². The lowest BCUT2D eigenvalue weighted by Crippen LogP contribution is -2.50. The van der Waals surface area contributed by atoms with E-state index in [1.807, 2.05) is 80.5 Å². The Morgan fingerprint density at radius 3 is 1.11 bits per heavy atom.